The monoisotopic (exact) mass is 236 g/mol. The average molecular weight is 236 g/mol. The summed E-state index contributed by atoms with van der Waals surface area (Å²) in [5.41, 5.74) is -0.182. The predicted molar refractivity (Wildman–Crippen MR) is 66.5 cm³/mol. The molecule has 0 spiro atoms. The molecule has 1 rings (SSSR count). The van der Waals surface area contributed by atoms with E-state index in [0.29, 0.717) is 5.56 Å². The molecule has 0 saturated heterocycles. The maximum Gasteiger partial charge on any atom is 0.373 e. The number of benzene rings is 1. The largest absolute Gasteiger partial charge is 0.373 e. The van der Waals surface area contributed by atoms with Crippen molar-refractivity contribution in [2.45, 2.75) is 40.2 Å². The minimum Gasteiger partial charge on any atom is -0.292 e. The topological polar surface area (TPSA) is 35.5 Å². The van der Waals surface area contributed by atoms with E-state index in [0.717, 1.165) is 0 Å². The molecule has 0 bridgehead atoms. The third-order valence-electron chi connectivity index (χ3n) is 3.14. The Morgan fingerprint density at radius 1 is 1.00 bits per heavy atom. The van der Waals surface area contributed by atoms with Crippen molar-refractivity contribution in [2.75, 3.05) is 0 Å². The minimum atomic E-state index is -0.544. The molecule has 17 heavy (non-hydrogen) atoms. The van der Waals surface area contributed by atoms with E-state index in [1.807, 2.05) is 40.7 Å². The van der Waals surface area contributed by atoms with Crippen LogP contribution in [0.2, 0.25) is 0 Å². The van der Waals surface area contributed by atoms with E-state index in [2.05, 4.69) is 0 Å². The smallest absolute Gasteiger partial charge is 0.292 e. The maximum absolute atomic E-state index is 11.7. The normalized spacial score (nSPS) is 12.3. The number of hydrogen-bond acceptors (Lipinski definition) is 3. The van der Waals surface area contributed by atoms with Crippen molar-refractivity contribution in [1.82, 2.24) is 0 Å². The van der Waals surface area contributed by atoms with Crippen LogP contribution in [0.3, 0.4) is 0 Å². The van der Waals surface area contributed by atoms with Gasteiger partial charge in [-0.15, -0.1) is 0 Å². The van der Waals surface area contributed by atoms with Crippen molar-refractivity contribution in [3.8, 4) is 0 Å². The molecule has 1 aromatic rings. The fourth-order valence-electron chi connectivity index (χ4n) is 0.889. The third kappa shape index (κ3) is 3.56. The molecule has 0 heterocycles. The number of rotatable bonds is 3. The van der Waals surface area contributed by atoms with Gasteiger partial charge < -0.3 is 0 Å². The first-order chi connectivity index (χ1) is 7.74. The maximum atomic E-state index is 11.7. The molecule has 0 aliphatic heterocycles. The molecule has 94 valence electrons. The fraction of sp³-hybridized carbons (Fsp3) is 0.500. The van der Waals surface area contributed by atoms with Crippen LogP contribution in [-0.4, -0.2) is 11.6 Å². The number of carbonyl (C=O) groups is 1. The van der Waals surface area contributed by atoms with Gasteiger partial charge in [0.15, 0.2) is 0 Å². The standard InChI is InChI=1S/C14H20O3/c1-13(2,3)14(4,5)17-16-12(15)11-9-7-6-8-10-11/h6-10H,1-5H3. The van der Waals surface area contributed by atoms with Gasteiger partial charge in [-0.1, -0.05) is 39.0 Å². The van der Waals surface area contributed by atoms with Crippen LogP contribution in [0.4, 0.5) is 0 Å². The summed E-state index contributed by atoms with van der Waals surface area (Å²) in [6.45, 7) is 9.88. The second-order valence-electron chi connectivity index (χ2n) is 5.58. The van der Waals surface area contributed by atoms with Gasteiger partial charge in [0.1, 0.15) is 5.60 Å². The van der Waals surface area contributed by atoms with Crippen LogP contribution in [0.1, 0.15) is 45.0 Å². The van der Waals surface area contributed by atoms with Crippen molar-refractivity contribution in [3.05, 3.63) is 35.9 Å². The first-order valence-electron chi connectivity index (χ1n) is 5.69. The van der Waals surface area contributed by atoms with E-state index < -0.39 is 11.6 Å². The molecule has 0 aliphatic carbocycles. The minimum absolute atomic E-state index is 0.121. The molecule has 3 heteroatoms. The zero-order chi connectivity index (χ0) is 13.1. The van der Waals surface area contributed by atoms with E-state index in [1.54, 1.807) is 24.3 Å². The molecule has 0 radical (unpaired) electrons. The Labute approximate surface area is 103 Å². The lowest BCUT2D eigenvalue weighted by Crippen LogP contribution is -2.40. The van der Waals surface area contributed by atoms with Crippen LogP contribution in [0.25, 0.3) is 0 Å². The summed E-state index contributed by atoms with van der Waals surface area (Å²) in [5, 5.41) is 0. The van der Waals surface area contributed by atoms with E-state index in [9.17, 15) is 4.79 Å². The molecule has 0 N–H and O–H groups in total. The summed E-state index contributed by atoms with van der Waals surface area (Å²) < 4.78 is 0. The van der Waals surface area contributed by atoms with Gasteiger partial charge in [-0.25, -0.2) is 4.79 Å². The first kappa shape index (κ1) is 13.7. The Kier molecular flexibility index (Phi) is 3.94. The Hall–Kier alpha value is -1.35. The summed E-state index contributed by atoms with van der Waals surface area (Å²) in [5.74, 6) is -0.470. The summed E-state index contributed by atoms with van der Waals surface area (Å²) in [4.78, 5) is 21.8. The van der Waals surface area contributed by atoms with Crippen LogP contribution in [0.5, 0.6) is 0 Å². The van der Waals surface area contributed by atoms with Crippen molar-refractivity contribution in [2.24, 2.45) is 5.41 Å². The lowest BCUT2D eigenvalue weighted by atomic mass is 9.79. The second-order valence-corrected chi connectivity index (χ2v) is 5.58. The second kappa shape index (κ2) is 4.88. The summed E-state index contributed by atoms with van der Waals surface area (Å²) in [6.07, 6.45) is 0. The molecule has 3 nitrogen and oxygen atoms in total. The van der Waals surface area contributed by atoms with E-state index in [4.69, 9.17) is 9.78 Å². The molecule has 0 unspecified atom stereocenters. The highest BCUT2D eigenvalue weighted by atomic mass is 17.2. The van der Waals surface area contributed by atoms with Crippen molar-refractivity contribution < 1.29 is 14.6 Å². The van der Waals surface area contributed by atoms with Crippen molar-refractivity contribution in [1.29, 1.82) is 0 Å². The van der Waals surface area contributed by atoms with Crippen LogP contribution in [-0.2, 0) is 9.78 Å². The Morgan fingerprint density at radius 2 is 1.53 bits per heavy atom. The van der Waals surface area contributed by atoms with E-state index in [1.165, 1.54) is 0 Å². The highest BCUT2D eigenvalue weighted by Crippen LogP contribution is 2.33. The molecule has 0 fully saturated rings. The fourth-order valence-corrected chi connectivity index (χ4v) is 0.889. The zero-order valence-electron chi connectivity index (χ0n) is 11.1. The van der Waals surface area contributed by atoms with Crippen LogP contribution in [0.15, 0.2) is 30.3 Å². The average Bonchev–Trinajstić information content (AvgIpc) is 2.25. The zero-order valence-corrected chi connectivity index (χ0v) is 11.1. The van der Waals surface area contributed by atoms with Gasteiger partial charge in [0.2, 0.25) is 0 Å². The molecule has 0 atom stereocenters. The SMILES string of the molecule is CC(C)(C)C(C)(C)OOC(=O)c1ccccc1. The van der Waals surface area contributed by atoms with Crippen molar-refractivity contribution in [3.63, 3.8) is 0 Å². The summed E-state index contributed by atoms with van der Waals surface area (Å²) >= 11 is 0. The van der Waals surface area contributed by atoms with Gasteiger partial charge in [-0.05, 0) is 31.4 Å². The van der Waals surface area contributed by atoms with Gasteiger partial charge in [0.05, 0.1) is 5.56 Å². The van der Waals surface area contributed by atoms with Gasteiger partial charge in [-0.3, -0.25) is 4.89 Å². The highest BCUT2D eigenvalue weighted by Gasteiger charge is 2.36. The highest BCUT2D eigenvalue weighted by molar-refractivity contribution is 5.88. The van der Waals surface area contributed by atoms with Gasteiger partial charge in [0.25, 0.3) is 0 Å². The summed E-state index contributed by atoms with van der Waals surface area (Å²) in [6, 6.07) is 8.79. The van der Waals surface area contributed by atoms with Crippen LogP contribution in [0, 0.1) is 5.41 Å². The summed E-state index contributed by atoms with van der Waals surface area (Å²) in [7, 11) is 0. The lowest BCUT2D eigenvalue weighted by molar-refractivity contribution is -0.330. The Bertz CT molecular complexity index is 374. The molecule has 1 aromatic carbocycles. The van der Waals surface area contributed by atoms with Crippen LogP contribution < -0.4 is 0 Å². The Morgan fingerprint density at radius 3 is 2.00 bits per heavy atom. The number of carbonyl (C=O) groups excluding carboxylic acids is 1. The lowest BCUT2D eigenvalue weighted by Gasteiger charge is -2.35. The van der Waals surface area contributed by atoms with Crippen molar-refractivity contribution >= 4 is 5.97 Å². The Balaban J connectivity index is 2.61. The first-order valence-corrected chi connectivity index (χ1v) is 5.69. The predicted octanol–water partition coefficient (Wildman–Crippen LogP) is 3.60. The molecule has 0 amide bonds. The van der Waals surface area contributed by atoms with E-state index >= 15 is 0 Å². The molecule has 0 saturated carbocycles. The molecule has 0 aliphatic rings. The molecular formula is C14H20O3. The van der Waals surface area contributed by atoms with Gasteiger partial charge >= 0.3 is 5.97 Å². The van der Waals surface area contributed by atoms with Gasteiger partial charge in [-0.2, -0.15) is 4.89 Å². The quantitative estimate of drug-likeness (QED) is 0.594. The molecular weight excluding hydrogens is 216 g/mol. The van der Waals surface area contributed by atoms with Gasteiger partial charge in [0, 0.05) is 0 Å². The van der Waals surface area contributed by atoms with E-state index in [-0.39, 0.29) is 5.41 Å². The molecule has 0 aromatic heterocycles. The third-order valence-corrected chi connectivity index (χ3v) is 3.14. The van der Waals surface area contributed by atoms with Crippen LogP contribution >= 0.6 is 0 Å². The number of hydrogen-bond donors (Lipinski definition) is 0.